The van der Waals surface area contributed by atoms with Gasteiger partial charge < -0.3 is 14.2 Å². The summed E-state index contributed by atoms with van der Waals surface area (Å²) in [6.45, 7) is 6.29. The Bertz CT molecular complexity index is 1530. The van der Waals surface area contributed by atoms with E-state index in [0.29, 0.717) is 19.3 Å². The molecule has 0 aliphatic heterocycles. The van der Waals surface area contributed by atoms with Gasteiger partial charge in [0.25, 0.3) is 0 Å². The van der Waals surface area contributed by atoms with Gasteiger partial charge in [-0.05, 0) is 103 Å². The SMILES string of the molecule is CC/C=C\C/C=C\C/C=C\C/C=C\C/C=C\C/C=C\C/C=C\CCCCCCCCCCCC(=O)OCC(COC(=O)CCCCCCCCCC)OC(=O)CC/C=C\C/C=C\C/C=C\C/C=C\CC. The molecule has 0 aromatic carbocycles. The molecule has 1 unspecified atom stereocenters. The van der Waals surface area contributed by atoms with Crippen LogP contribution in [0.1, 0.15) is 233 Å². The second kappa shape index (κ2) is 57.1. The minimum Gasteiger partial charge on any atom is -0.462 e. The average Bonchev–Trinajstić information content (AvgIpc) is 3.36. The summed E-state index contributed by atoms with van der Waals surface area (Å²) in [4.78, 5) is 37.9. The maximum Gasteiger partial charge on any atom is 0.306 e. The molecular formula is C64H102O6. The Morgan fingerprint density at radius 1 is 0.300 bits per heavy atom. The molecule has 0 saturated heterocycles. The van der Waals surface area contributed by atoms with Crippen LogP contribution in [0.3, 0.4) is 0 Å². The van der Waals surface area contributed by atoms with E-state index >= 15 is 0 Å². The molecule has 6 nitrogen and oxygen atoms in total. The van der Waals surface area contributed by atoms with E-state index in [2.05, 4.69) is 142 Å². The Morgan fingerprint density at radius 3 is 0.929 bits per heavy atom. The largest absolute Gasteiger partial charge is 0.462 e. The monoisotopic (exact) mass is 967 g/mol. The number of allylic oxidation sites excluding steroid dienone is 22. The lowest BCUT2D eigenvalue weighted by Crippen LogP contribution is -2.30. The lowest BCUT2D eigenvalue weighted by molar-refractivity contribution is -0.166. The lowest BCUT2D eigenvalue weighted by Gasteiger charge is -2.18. The molecule has 0 aromatic rings. The van der Waals surface area contributed by atoms with Crippen molar-refractivity contribution in [3.8, 4) is 0 Å². The third-order valence-electron chi connectivity index (χ3n) is 11.4. The Labute approximate surface area is 430 Å². The van der Waals surface area contributed by atoms with Crippen molar-refractivity contribution in [1.82, 2.24) is 0 Å². The summed E-state index contributed by atoms with van der Waals surface area (Å²) in [6, 6.07) is 0. The standard InChI is InChI=1S/C64H102O6/c1-4-7-10-13-16-19-21-23-24-25-26-27-28-29-30-31-32-33-34-35-36-37-38-39-40-42-43-45-48-51-54-57-63(66)69-60-61(59-68-62(65)56-53-50-47-18-15-12-9-6-3)70-64(67)58-55-52-49-46-44-41-22-20-17-14-11-8-5-2/h7-8,10-11,16-17,19-20,23-24,26-27,29-30,32-33,35-36,41,44,49,52,61H,4-6,9,12-15,18,21-22,25,28,31,34,37-40,42-43,45-48,50-51,53-60H2,1-3H3/b10-7-,11-8-,19-16-,20-17-,24-23-,27-26-,30-29-,33-32-,36-35-,44-41-,52-49-. The quantitative estimate of drug-likeness (QED) is 0.0262. The van der Waals surface area contributed by atoms with Crippen LogP contribution in [0, 0.1) is 0 Å². The fourth-order valence-electron chi connectivity index (χ4n) is 7.26. The number of carbonyl (C=O) groups excluding carboxylic acids is 3. The first-order chi connectivity index (χ1) is 34.5. The number of esters is 3. The van der Waals surface area contributed by atoms with Gasteiger partial charge in [0.1, 0.15) is 13.2 Å². The number of unbranched alkanes of at least 4 members (excludes halogenated alkanes) is 16. The second-order valence-electron chi connectivity index (χ2n) is 18.1. The summed E-state index contributed by atoms with van der Waals surface area (Å²) >= 11 is 0. The topological polar surface area (TPSA) is 78.9 Å². The van der Waals surface area contributed by atoms with Crippen LogP contribution in [0.4, 0.5) is 0 Å². The normalized spacial score (nSPS) is 13.1. The lowest BCUT2D eigenvalue weighted by atomic mass is 10.1. The Balaban J connectivity index is 4.21. The van der Waals surface area contributed by atoms with Crippen molar-refractivity contribution in [2.75, 3.05) is 13.2 Å². The summed E-state index contributed by atoms with van der Waals surface area (Å²) in [6.07, 6.45) is 80.5. The van der Waals surface area contributed by atoms with Crippen molar-refractivity contribution in [3.05, 3.63) is 134 Å². The molecule has 0 spiro atoms. The summed E-state index contributed by atoms with van der Waals surface area (Å²) < 4.78 is 16.7. The van der Waals surface area contributed by atoms with Gasteiger partial charge in [0.15, 0.2) is 6.10 Å². The Hall–Kier alpha value is -4.45. The smallest absolute Gasteiger partial charge is 0.306 e. The van der Waals surface area contributed by atoms with E-state index in [9.17, 15) is 14.4 Å². The zero-order chi connectivity index (χ0) is 50.7. The van der Waals surface area contributed by atoms with E-state index in [1.165, 1.54) is 70.6 Å². The van der Waals surface area contributed by atoms with Crippen LogP contribution in [-0.2, 0) is 28.6 Å². The van der Waals surface area contributed by atoms with E-state index < -0.39 is 12.1 Å². The maximum absolute atomic E-state index is 12.7. The van der Waals surface area contributed by atoms with Gasteiger partial charge in [-0.3, -0.25) is 14.4 Å². The molecule has 394 valence electrons. The van der Waals surface area contributed by atoms with Crippen LogP contribution in [0.2, 0.25) is 0 Å². The predicted molar refractivity (Wildman–Crippen MR) is 302 cm³/mol. The van der Waals surface area contributed by atoms with Crippen LogP contribution in [0.25, 0.3) is 0 Å². The van der Waals surface area contributed by atoms with E-state index in [4.69, 9.17) is 14.2 Å². The van der Waals surface area contributed by atoms with Crippen molar-refractivity contribution < 1.29 is 28.6 Å². The fraction of sp³-hybridized carbons (Fsp3) is 0.609. The first-order valence-corrected chi connectivity index (χ1v) is 28.2. The molecule has 0 bridgehead atoms. The van der Waals surface area contributed by atoms with Gasteiger partial charge in [0.2, 0.25) is 0 Å². The van der Waals surface area contributed by atoms with Crippen LogP contribution in [-0.4, -0.2) is 37.2 Å². The second-order valence-corrected chi connectivity index (χ2v) is 18.1. The molecule has 0 aliphatic carbocycles. The molecule has 0 heterocycles. The van der Waals surface area contributed by atoms with Gasteiger partial charge in [-0.1, -0.05) is 244 Å². The minimum absolute atomic E-state index is 0.111. The number of hydrogen-bond donors (Lipinski definition) is 0. The Kier molecular flexibility index (Phi) is 53.5. The summed E-state index contributed by atoms with van der Waals surface area (Å²) in [5, 5.41) is 0. The molecular weight excluding hydrogens is 865 g/mol. The number of hydrogen-bond acceptors (Lipinski definition) is 6. The van der Waals surface area contributed by atoms with E-state index in [1.807, 2.05) is 12.2 Å². The van der Waals surface area contributed by atoms with Crippen LogP contribution >= 0.6 is 0 Å². The molecule has 70 heavy (non-hydrogen) atoms. The van der Waals surface area contributed by atoms with E-state index in [-0.39, 0.29) is 31.6 Å². The average molecular weight is 968 g/mol. The van der Waals surface area contributed by atoms with Crippen molar-refractivity contribution >= 4 is 17.9 Å². The highest BCUT2D eigenvalue weighted by molar-refractivity contribution is 5.71. The fourth-order valence-corrected chi connectivity index (χ4v) is 7.26. The zero-order valence-corrected chi connectivity index (χ0v) is 45.0. The molecule has 0 aromatic heterocycles. The van der Waals surface area contributed by atoms with Gasteiger partial charge in [-0.25, -0.2) is 0 Å². The molecule has 0 rings (SSSR count). The molecule has 0 saturated carbocycles. The zero-order valence-electron chi connectivity index (χ0n) is 45.0. The molecule has 6 heteroatoms. The molecule has 0 N–H and O–H groups in total. The third kappa shape index (κ3) is 54.5. The number of carbonyl (C=O) groups is 3. The van der Waals surface area contributed by atoms with Crippen LogP contribution in [0.15, 0.2) is 134 Å². The van der Waals surface area contributed by atoms with E-state index in [0.717, 1.165) is 116 Å². The van der Waals surface area contributed by atoms with Crippen LogP contribution < -0.4 is 0 Å². The highest BCUT2D eigenvalue weighted by atomic mass is 16.6. The van der Waals surface area contributed by atoms with Crippen molar-refractivity contribution in [2.45, 2.75) is 239 Å². The van der Waals surface area contributed by atoms with Crippen molar-refractivity contribution in [1.29, 1.82) is 0 Å². The third-order valence-corrected chi connectivity index (χ3v) is 11.4. The minimum atomic E-state index is -0.819. The molecule has 0 aliphatic rings. The highest BCUT2D eigenvalue weighted by Crippen LogP contribution is 2.14. The van der Waals surface area contributed by atoms with Gasteiger partial charge in [0, 0.05) is 19.3 Å². The maximum atomic E-state index is 12.7. The van der Waals surface area contributed by atoms with E-state index in [1.54, 1.807) is 0 Å². The predicted octanol–water partition coefficient (Wildman–Crippen LogP) is 19.0. The molecule has 0 amide bonds. The van der Waals surface area contributed by atoms with Gasteiger partial charge in [-0.15, -0.1) is 0 Å². The summed E-state index contributed by atoms with van der Waals surface area (Å²) in [5.74, 6) is -1.01. The number of ether oxygens (including phenoxy) is 3. The first kappa shape index (κ1) is 65.5. The molecule has 1 atom stereocenters. The van der Waals surface area contributed by atoms with Crippen molar-refractivity contribution in [3.63, 3.8) is 0 Å². The number of rotatable bonds is 49. The first-order valence-electron chi connectivity index (χ1n) is 28.2. The molecule has 0 radical (unpaired) electrons. The van der Waals surface area contributed by atoms with Crippen LogP contribution in [0.5, 0.6) is 0 Å². The van der Waals surface area contributed by atoms with Gasteiger partial charge in [0.05, 0.1) is 0 Å². The van der Waals surface area contributed by atoms with Gasteiger partial charge in [-0.2, -0.15) is 0 Å². The Morgan fingerprint density at radius 2 is 0.586 bits per heavy atom. The molecule has 0 fully saturated rings. The summed E-state index contributed by atoms with van der Waals surface area (Å²) in [5.41, 5.74) is 0. The van der Waals surface area contributed by atoms with Crippen molar-refractivity contribution in [2.24, 2.45) is 0 Å². The highest BCUT2D eigenvalue weighted by Gasteiger charge is 2.19. The van der Waals surface area contributed by atoms with Gasteiger partial charge >= 0.3 is 17.9 Å². The summed E-state index contributed by atoms with van der Waals surface area (Å²) in [7, 11) is 0.